The summed E-state index contributed by atoms with van der Waals surface area (Å²) >= 11 is 6.30. The average Bonchev–Trinajstić information content (AvgIpc) is 3.23. The molecule has 0 aliphatic rings. The van der Waals surface area contributed by atoms with Crippen molar-refractivity contribution in [1.29, 1.82) is 0 Å². The molecule has 0 bridgehead atoms. The Bertz CT molecular complexity index is 1270. The summed E-state index contributed by atoms with van der Waals surface area (Å²) in [7, 11) is 0. The first-order chi connectivity index (χ1) is 15.0. The lowest BCUT2D eigenvalue weighted by Crippen LogP contribution is -2.10. The molecule has 0 saturated heterocycles. The third-order valence-electron chi connectivity index (χ3n) is 4.63. The van der Waals surface area contributed by atoms with E-state index in [4.69, 9.17) is 20.8 Å². The van der Waals surface area contributed by atoms with Gasteiger partial charge in [0, 0.05) is 24.1 Å². The molecule has 158 valence electrons. The predicted molar refractivity (Wildman–Crippen MR) is 121 cm³/mol. The summed E-state index contributed by atoms with van der Waals surface area (Å²) in [6.45, 7) is 4.91. The second kappa shape index (κ2) is 9.16. The smallest absolute Gasteiger partial charge is 0.299 e. The Kier molecular flexibility index (Phi) is 6.16. The minimum atomic E-state index is -0.189. The second-order valence-corrected chi connectivity index (χ2v) is 7.33. The number of hydrogen-bond donors (Lipinski definition) is 2. The molecule has 0 aliphatic carbocycles. The number of hydrogen-bond acceptors (Lipinski definition) is 6. The van der Waals surface area contributed by atoms with E-state index >= 15 is 0 Å². The van der Waals surface area contributed by atoms with E-state index in [1.807, 2.05) is 32.0 Å². The standard InChI is InChI=1S/C23H21ClN4O3/c1-3-30-13-15-5-7-18(24)20(10-15)28-23-26-12-21(31-23)16-8-9-25-19(11-16)17-6-4-14(2)27-22(17)29/h4-12H,3,13H2,1-2H3,(H,26,28)(H,27,29). The van der Waals surface area contributed by atoms with Gasteiger partial charge in [-0.3, -0.25) is 9.78 Å². The summed E-state index contributed by atoms with van der Waals surface area (Å²) in [4.78, 5) is 23.7. The molecule has 0 unspecified atom stereocenters. The number of benzene rings is 1. The zero-order valence-electron chi connectivity index (χ0n) is 17.1. The normalized spacial score (nSPS) is 10.9. The van der Waals surface area contributed by atoms with Gasteiger partial charge in [-0.05, 0) is 55.8 Å². The lowest BCUT2D eigenvalue weighted by molar-refractivity contribution is 0.134. The van der Waals surface area contributed by atoms with Gasteiger partial charge in [-0.1, -0.05) is 17.7 Å². The number of nitrogens with zero attached hydrogens (tertiary/aromatic N) is 2. The van der Waals surface area contributed by atoms with E-state index in [2.05, 4.69) is 20.3 Å². The molecule has 0 spiro atoms. The highest BCUT2D eigenvalue weighted by Gasteiger charge is 2.12. The lowest BCUT2D eigenvalue weighted by atomic mass is 10.1. The monoisotopic (exact) mass is 436 g/mol. The number of anilines is 2. The van der Waals surface area contributed by atoms with Crippen LogP contribution >= 0.6 is 11.6 Å². The largest absolute Gasteiger partial charge is 0.423 e. The molecule has 0 fully saturated rings. The zero-order valence-corrected chi connectivity index (χ0v) is 17.9. The molecule has 1 aromatic carbocycles. The maximum Gasteiger partial charge on any atom is 0.299 e. The first kappa shape index (κ1) is 20.8. The van der Waals surface area contributed by atoms with Crippen LogP contribution in [0.1, 0.15) is 18.2 Å². The van der Waals surface area contributed by atoms with Crippen LogP contribution in [0.5, 0.6) is 0 Å². The first-order valence-corrected chi connectivity index (χ1v) is 10.2. The number of rotatable bonds is 7. The molecule has 3 aromatic heterocycles. The molecule has 0 atom stereocenters. The van der Waals surface area contributed by atoms with Crippen molar-refractivity contribution in [1.82, 2.24) is 15.0 Å². The van der Waals surface area contributed by atoms with E-state index in [0.717, 1.165) is 16.8 Å². The fourth-order valence-corrected chi connectivity index (χ4v) is 3.23. The number of oxazole rings is 1. The molecule has 4 rings (SSSR count). The summed E-state index contributed by atoms with van der Waals surface area (Å²) in [5, 5.41) is 3.65. The van der Waals surface area contributed by atoms with Crippen molar-refractivity contribution >= 4 is 23.3 Å². The van der Waals surface area contributed by atoms with Crippen molar-refractivity contribution in [2.24, 2.45) is 0 Å². The van der Waals surface area contributed by atoms with Gasteiger partial charge in [0.15, 0.2) is 5.76 Å². The van der Waals surface area contributed by atoms with E-state index in [-0.39, 0.29) is 5.56 Å². The Hall–Kier alpha value is -3.42. The van der Waals surface area contributed by atoms with Crippen LogP contribution in [0.2, 0.25) is 5.02 Å². The van der Waals surface area contributed by atoms with Crippen LogP contribution in [0.4, 0.5) is 11.7 Å². The highest BCUT2D eigenvalue weighted by Crippen LogP contribution is 2.30. The molecule has 31 heavy (non-hydrogen) atoms. The van der Waals surface area contributed by atoms with E-state index in [1.54, 1.807) is 36.7 Å². The van der Waals surface area contributed by atoms with Crippen LogP contribution in [0.25, 0.3) is 22.6 Å². The predicted octanol–water partition coefficient (Wildman–Crippen LogP) is 5.33. The van der Waals surface area contributed by atoms with Crippen LogP contribution in [0, 0.1) is 6.92 Å². The van der Waals surface area contributed by atoms with Crippen LogP contribution in [0.15, 0.2) is 64.1 Å². The van der Waals surface area contributed by atoms with Crippen LogP contribution in [0.3, 0.4) is 0 Å². The molecule has 0 aliphatic heterocycles. The van der Waals surface area contributed by atoms with Gasteiger partial charge in [0.25, 0.3) is 11.6 Å². The molecule has 2 N–H and O–H groups in total. The van der Waals surface area contributed by atoms with E-state index in [0.29, 0.717) is 47.0 Å². The Balaban J connectivity index is 1.58. The number of H-pyrrole nitrogens is 1. The third-order valence-corrected chi connectivity index (χ3v) is 4.96. The quantitative estimate of drug-likeness (QED) is 0.406. The number of pyridine rings is 2. The van der Waals surface area contributed by atoms with E-state index in [1.165, 1.54) is 0 Å². The summed E-state index contributed by atoms with van der Waals surface area (Å²) in [5.41, 5.74) is 4.06. The first-order valence-electron chi connectivity index (χ1n) is 9.79. The molecular weight excluding hydrogens is 416 g/mol. The van der Waals surface area contributed by atoms with Crippen molar-refractivity contribution < 1.29 is 9.15 Å². The fourth-order valence-electron chi connectivity index (χ4n) is 3.06. The van der Waals surface area contributed by atoms with Crippen molar-refractivity contribution in [3.8, 4) is 22.6 Å². The molecule has 4 aromatic rings. The Labute approximate surface area is 184 Å². The van der Waals surface area contributed by atoms with Crippen molar-refractivity contribution in [2.75, 3.05) is 11.9 Å². The SMILES string of the molecule is CCOCc1ccc(Cl)c(Nc2ncc(-c3ccnc(-c4ccc(C)[nH]c4=O)c3)o2)c1. The minimum absolute atomic E-state index is 0.189. The van der Waals surface area contributed by atoms with Crippen molar-refractivity contribution in [3.05, 3.63) is 81.5 Å². The number of aryl methyl sites for hydroxylation is 1. The highest BCUT2D eigenvalue weighted by molar-refractivity contribution is 6.33. The van der Waals surface area contributed by atoms with Crippen molar-refractivity contribution in [2.45, 2.75) is 20.5 Å². The average molecular weight is 437 g/mol. The summed E-state index contributed by atoms with van der Waals surface area (Å²) in [6, 6.07) is 13.1. The van der Waals surface area contributed by atoms with Gasteiger partial charge in [-0.25, -0.2) is 4.98 Å². The molecule has 0 amide bonds. The number of nitrogens with one attached hydrogen (secondary N) is 2. The topological polar surface area (TPSA) is 93.0 Å². The van der Waals surface area contributed by atoms with Gasteiger partial charge < -0.3 is 19.5 Å². The maximum atomic E-state index is 12.3. The minimum Gasteiger partial charge on any atom is -0.423 e. The van der Waals surface area contributed by atoms with Crippen molar-refractivity contribution in [3.63, 3.8) is 0 Å². The Morgan fingerprint density at radius 3 is 2.84 bits per heavy atom. The van der Waals surface area contributed by atoms with Gasteiger partial charge in [-0.15, -0.1) is 0 Å². The lowest BCUT2D eigenvalue weighted by Gasteiger charge is -2.08. The third kappa shape index (κ3) is 4.84. The van der Waals surface area contributed by atoms with Crippen LogP contribution in [-0.4, -0.2) is 21.6 Å². The fraction of sp³-hybridized carbons (Fsp3) is 0.174. The summed E-state index contributed by atoms with van der Waals surface area (Å²) in [6.07, 6.45) is 3.24. The van der Waals surface area contributed by atoms with Gasteiger partial charge in [-0.2, -0.15) is 0 Å². The highest BCUT2D eigenvalue weighted by atomic mass is 35.5. The molecule has 8 heteroatoms. The second-order valence-electron chi connectivity index (χ2n) is 6.92. The number of aromatic nitrogens is 3. The number of aromatic amines is 1. The Morgan fingerprint density at radius 1 is 1.16 bits per heavy atom. The molecule has 0 saturated carbocycles. The van der Waals surface area contributed by atoms with E-state index in [9.17, 15) is 4.79 Å². The summed E-state index contributed by atoms with van der Waals surface area (Å²) < 4.78 is 11.3. The van der Waals surface area contributed by atoms with E-state index < -0.39 is 0 Å². The van der Waals surface area contributed by atoms with Gasteiger partial charge in [0.2, 0.25) is 0 Å². The van der Waals surface area contributed by atoms with Gasteiger partial charge in [0.05, 0.1) is 34.8 Å². The summed E-state index contributed by atoms with van der Waals surface area (Å²) in [5.74, 6) is 0.538. The molecular formula is C23H21ClN4O3. The Morgan fingerprint density at radius 2 is 2.03 bits per heavy atom. The van der Waals surface area contributed by atoms with Crippen LogP contribution in [-0.2, 0) is 11.3 Å². The van der Waals surface area contributed by atoms with Gasteiger partial charge in [0.1, 0.15) is 0 Å². The van der Waals surface area contributed by atoms with Crippen LogP contribution < -0.4 is 10.9 Å². The maximum absolute atomic E-state index is 12.3. The number of halogens is 1. The molecule has 0 radical (unpaired) electrons. The van der Waals surface area contributed by atoms with Gasteiger partial charge >= 0.3 is 0 Å². The zero-order chi connectivity index (χ0) is 21.8. The molecule has 7 nitrogen and oxygen atoms in total. The number of ether oxygens (including phenoxy) is 1. The molecule has 3 heterocycles.